The van der Waals surface area contributed by atoms with Crippen LogP contribution in [0.1, 0.15) is 24.6 Å². The lowest BCUT2D eigenvalue weighted by Crippen LogP contribution is -2.34. The lowest BCUT2D eigenvalue weighted by molar-refractivity contribution is 0.185. The highest BCUT2D eigenvalue weighted by molar-refractivity contribution is 7.97. The van der Waals surface area contributed by atoms with E-state index in [0.717, 1.165) is 24.7 Å². The number of hydrogen-bond donors (Lipinski definition) is 1. The van der Waals surface area contributed by atoms with Crippen molar-refractivity contribution >= 4 is 11.8 Å². The van der Waals surface area contributed by atoms with E-state index < -0.39 is 0 Å². The molecule has 2 heterocycles. The summed E-state index contributed by atoms with van der Waals surface area (Å²) in [5.74, 6) is 2.46. The second kappa shape index (κ2) is 5.65. The monoisotopic (exact) mass is 243 g/mol. The SMILES string of the molecule is CCNC1COCC1c1nc(CSC)no1. The van der Waals surface area contributed by atoms with Crippen molar-refractivity contribution in [3.8, 4) is 0 Å². The van der Waals surface area contributed by atoms with Crippen LogP contribution >= 0.6 is 11.8 Å². The second-order valence-corrected chi connectivity index (χ2v) is 4.66. The molecular weight excluding hydrogens is 226 g/mol. The zero-order chi connectivity index (χ0) is 11.4. The average Bonchev–Trinajstić information content (AvgIpc) is 2.87. The minimum Gasteiger partial charge on any atom is -0.379 e. The Balaban J connectivity index is 2.04. The minimum atomic E-state index is 0.197. The van der Waals surface area contributed by atoms with Crippen molar-refractivity contribution in [1.29, 1.82) is 0 Å². The summed E-state index contributed by atoms with van der Waals surface area (Å²) in [6.45, 7) is 4.40. The molecule has 1 aliphatic heterocycles. The van der Waals surface area contributed by atoms with Crippen LogP contribution in [-0.4, -0.2) is 42.2 Å². The van der Waals surface area contributed by atoms with Crippen LogP contribution < -0.4 is 5.32 Å². The Morgan fingerprint density at radius 3 is 3.12 bits per heavy atom. The molecule has 1 fully saturated rings. The Bertz CT molecular complexity index is 332. The van der Waals surface area contributed by atoms with E-state index in [1.54, 1.807) is 11.8 Å². The molecule has 0 aromatic carbocycles. The van der Waals surface area contributed by atoms with E-state index in [4.69, 9.17) is 9.26 Å². The fourth-order valence-corrected chi connectivity index (χ4v) is 2.24. The standard InChI is InChI=1S/C10H17N3O2S/c1-3-11-8-5-14-4-7(8)10-12-9(6-16-2)13-15-10/h7-8,11H,3-6H2,1-2H3. The fraction of sp³-hybridized carbons (Fsp3) is 0.800. The van der Waals surface area contributed by atoms with Crippen LogP contribution in [0.2, 0.25) is 0 Å². The molecule has 2 rings (SSSR count). The third-order valence-electron chi connectivity index (χ3n) is 2.62. The first-order valence-corrected chi connectivity index (χ1v) is 6.87. The minimum absolute atomic E-state index is 0.197. The third-order valence-corrected chi connectivity index (χ3v) is 3.17. The van der Waals surface area contributed by atoms with E-state index in [1.807, 2.05) is 6.26 Å². The number of aromatic nitrogens is 2. The normalized spacial score (nSPS) is 25.1. The first-order chi connectivity index (χ1) is 7.85. The van der Waals surface area contributed by atoms with Crippen molar-refractivity contribution in [3.05, 3.63) is 11.7 Å². The molecule has 0 aliphatic carbocycles. The Kier molecular flexibility index (Phi) is 4.20. The van der Waals surface area contributed by atoms with Gasteiger partial charge in [-0.05, 0) is 12.8 Å². The molecule has 1 saturated heterocycles. The van der Waals surface area contributed by atoms with Crippen molar-refractivity contribution in [1.82, 2.24) is 15.5 Å². The largest absolute Gasteiger partial charge is 0.379 e. The molecule has 2 unspecified atom stereocenters. The van der Waals surface area contributed by atoms with Crippen molar-refractivity contribution in [2.45, 2.75) is 24.6 Å². The zero-order valence-corrected chi connectivity index (χ0v) is 10.4. The van der Waals surface area contributed by atoms with Crippen LogP contribution in [-0.2, 0) is 10.5 Å². The molecule has 0 amide bonds. The van der Waals surface area contributed by atoms with Crippen molar-refractivity contribution < 1.29 is 9.26 Å². The molecule has 0 saturated carbocycles. The average molecular weight is 243 g/mol. The van der Waals surface area contributed by atoms with Crippen LogP contribution in [0.25, 0.3) is 0 Å². The predicted octanol–water partition coefficient (Wildman–Crippen LogP) is 1.02. The number of nitrogens with one attached hydrogen (secondary N) is 1. The Morgan fingerprint density at radius 2 is 2.38 bits per heavy atom. The van der Waals surface area contributed by atoms with Gasteiger partial charge in [0.1, 0.15) is 0 Å². The summed E-state index contributed by atoms with van der Waals surface area (Å²) in [5, 5.41) is 7.33. The van der Waals surface area contributed by atoms with Gasteiger partial charge in [0, 0.05) is 6.04 Å². The van der Waals surface area contributed by atoms with Crippen molar-refractivity contribution in [2.24, 2.45) is 0 Å². The van der Waals surface area contributed by atoms with Gasteiger partial charge in [0.15, 0.2) is 5.82 Å². The Hall–Kier alpha value is -0.590. The molecule has 0 bridgehead atoms. The maximum atomic E-state index is 5.45. The molecule has 5 nitrogen and oxygen atoms in total. The Morgan fingerprint density at radius 1 is 1.50 bits per heavy atom. The predicted molar refractivity (Wildman–Crippen MR) is 62.5 cm³/mol. The van der Waals surface area contributed by atoms with Crippen molar-refractivity contribution in [2.75, 3.05) is 26.0 Å². The fourth-order valence-electron chi connectivity index (χ4n) is 1.87. The summed E-state index contributed by atoms with van der Waals surface area (Å²) in [6, 6.07) is 0.299. The molecule has 1 aromatic heterocycles. The van der Waals surface area contributed by atoms with Crippen molar-refractivity contribution in [3.63, 3.8) is 0 Å². The first kappa shape index (κ1) is 11.9. The summed E-state index contributed by atoms with van der Waals surface area (Å²) in [7, 11) is 0. The van der Waals surface area contributed by atoms with Gasteiger partial charge in [-0.15, -0.1) is 0 Å². The van der Waals surface area contributed by atoms with E-state index in [2.05, 4.69) is 22.4 Å². The van der Waals surface area contributed by atoms with Gasteiger partial charge in [-0.1, -0.05) is 12.1 Å². The van der Waals surface area contributed by atoms with Gasteiger partial charge in [0.25, 0.3) is 0 Å². The van der Waals surface area contributed by atoms with Crippen LogP contribution in [0.5, 0.6) is 0 Å². The number of hydrogen-bond acceptors (Lipinski definition) is 6. The molecule has 1 aliphatic rings. The van der Waals surface area contributed by atoms with E-state index >= 15 is 0 Å². The maximum Gasteiger partial charge on any atom is 0.233 e. The molecule has 0 spiro atoms. The summed E-state index contributed by atoms with van der Waals surface area (Å²) >= 11 is 1.69. The Labute approximate surface area is 99.3 Å². The van der Waals surface area contributed by atoms with Crippen LogP contribution in [0.4, 0.5) is 0 Å². The number of thioether (sulfide) groups is 1. The van der Waals surface area contributed by atoms with Gasteiger partial charge < -0.3 is 14.6 Å². The highest BCUT2D eigenvalue weighted by Crippen LogP contribution is 2.24. The molecule has 2 atom stereocenters. The number of likely N-dealkylation sites (N-methyl/N-ethyl adjacent to an activating group) is 1. The zero-order valence-electron chi connectivity index (χ0n) is 9.60. The maximum absolute atomic E-state index is 5.45. The molecular formula is C10H17N3O2S. The molecule has 6 heteroatoms. The molecule has 1 N–H and O–H groups in total. The smallest absolute Gasteiger partial charge is 0.233 e. The number of ether oxygens (including phenoxy) is 1. The van der Waals surface area contributed by atoms with Gasteiger partial charge in [-0.2, -0.15) is 16.7 Å². The number of nitrogens with zero attached hydrogens (tertiary/aromatic N) is 2. The van der Waals surface area contributed by atoms with Gasteiger partial charge >= 0.3 is 0 Å². The first-order valence-electron chi connectivity index (χ1n) is 5.47. The van der Waals surface area contributed by atoms with E-state index in [1.165, 1.54) is 0 Å². The van der Waals surface area contributed by atoms with Crippen LogP contribution in [0, 0.1) is 0 Å². The third kappa shape index (κ3) is 2.56. The molecule has 1 aromatic rings. The molecule has 0 radical (unpaired) electrons. The van der Waals surface area contributed by atoms with Crippen LogP contribution in [0.3, 0.4) is 0 Å². The van der Waals surface area contributed by atoms with Crippen LogP contribution in [0.15, 0.2) is 4.52 Å². The highest BCUT2D eigenvalue weighted by Gasteiger charge is 2.33. The summed E-state index contributed by atoms with van der Waals surface area (Å²) in [5.41, 5.74) is 0. The van der Waals surface area contributed by atoms with E-state index in [0.29, 0.717) is 18.5 Å². The van der Waals surface area contributed by atoms with E-state index in [9.17, 15) is 0 Å². The molecule has 90 valence electrons. The quantitative estimate of drug-likeness (QED) is 0.833. The van der Waals surface area contributed by atoms with E-state index in [-0.39, 0.29) is 5.92 Å². The highest BCUT2D eigenvalue weighted by atomic mass is 32.2. The summed E-state index contributed by atoms with van der Waals surface area (Å²) in [6.07, 6.45) is 2.02. The summed E-state index contributed by atoms with van der Waals surface area (Å²) < 4.78 is 10.7. The van der Waals surface area contributed by atoms with Gasteiger partial charge in [0.05, 0.1) is 24.9 Å². The topological polar surface area (TPSA) is 60.2 Å². The summed E-state index contributed by atoms with van der Waals surface area (Å²) in [4.78, 5) is 4.40. The van der Waals surface area contributed by atoms with Gasteiger partial charge in [-0.3, -0.25) is 0 Å². The number of rotatable bonds is 5. The second-order valence-electron chi connectivity index (χ2n) is 3.79. The lowest BCUT2D eigenvalue weighted by Gasteiger charge is -2.13. The lowest BCUT2D eigenvalue weighted by atomic mass is 10.0. The van der Waals surface area contributed by atoms with Gasteiger partial charge in [0.2, 0.25) is 5.89 Å². The van der Waals surface area contributed by atoms with Gasteiger partial charge in [-0.25, -0.2) is 0 Å². The molecule has 16 heavy (non-hydrogen) atoms.